The number of anilines is 1. The summed E-state index contributed by atoms with van der Waals surface area (Å²) in [6.07, 6.45) is 0.784. The van der Waals surface area contributed by atoms with E-state index in [-0.39, 0.29) is 12.1 Å². The predicted octanol–water partition coefficient (Wildman–Crippen LogP) is 0.448. The van der Waals surface area contributed by atoms with Crippen molar-refractivity contribution in [3.8, 4) is 5.88 Å². The molecule has 8 nitrogen and oxygen atoms in total. The number of ether oxygens (including phenoxy) is 2. The Morgan fingerprint density at radius 1 is 1.22 bits per heavy atom. The molecule has 0 unspecified atom stereocenters. The lowest BCUT2D eigenvalue weighted by molar-refractivity contribution is 0.0443. The maximum atomic E-state index is 12.4. The van der Waals surface area contributed by atoms with Crippen LogP contribution >= 0.6 is 0 Å². The van der Waals surface area contributed by atoms with Crippen LogP contribution in [0.3, 0.4) is 0 Å². The monoisotopic (exact) mass is 321 g/mol. The van der Waals surface area contributed by atoms with Crippen molar-refractivity contribution in [1.29, 1.82) is 0 Å². The molecule has 0 bridgehead atoms. The molecule has 1 aromatic heterocycles. The number of hydrogen-bond donors (Lipinski definition) is 0. The van der Waals surface area contributed by atoms with Crippen LogP contribution in [0.5, 0.6) is 5.88 Å². The number of rotatable bonds is 3. The third-order valence-electron chi connectivity index (χ3n) is 4.07. The van der Waals surface area contributed by atoms with Gasteiger partial charge in [0.05, 0.1) is 19.8 Å². The van der Waals surface area contributed by atoms with Gasteiger partial charge in [-0.1, -0.05) is 0 Å². The number of aromatic nitrogens is 2. The van der Waals surface area contributed by atoms with Crippen molar-refractivity contribution < 1.29 is 14.3 Å². The van der Waals surface area contributed by atoms with E-state index < -0.39 is 0 Å². The van der Waals surface area contributed by atoms with Crippen molar-refractivity contribution in [1.82, 2.24) is 20.0 Å². The topological polar surface area (TPSA) is 71.0 Å². The van der Waals surface area contributed by atoms with Crippen LogP contribution in [0.15, 0.2) is 12.1 Å². The molecule has 23 heavy (non-hydrogen) atoms. The molecule has 2 aliphatic heterocycles. The highest BCUT2D eigenvalue weighted by molar-refractivity contribution is 5.75. The van der Waals surface area contributed by atoms with Crippen LogP contribution in [0, 0.1) is 0 Å². The molecule has 126 valence electrons. The van der Waals surface area contributed by atoms with Gasteiger partial charge in [0.1, 0.15) is 6.10 Å². The molecule has 2 fully saturated rings. The van der Waals surface area contributed by atoms with E-state index in [0.717, 1.165) is 12.2 Å². The fourth-order valence-electron chi connectivity index (χ4n) is 2.74. The fourth-order valence-corrected chi connectivity index (χ4v) is 2.74. The molecule has 0 aromatic carbocycles. The van der Waals surface area contributed by atoms with Crippen LogP contribution < -0.4 is 9.64 Å². The highest BCUT2D eigenvalue weighted by Gasteiger charge is 2.31. The number of urea groups is 1. The molecule has 0 N–H and O–H groups in total. The molecule has 0 spiro atoms. The summed E-state index contributed by atoms with van der Waals surface area (Å²) < 4.78 is 11.1. The van der Waals surface area contributed by atoms with Gasteiger partial charge in [0, 0.05) is 46.2 Å². The van der Waals surface area contributed by atoms with E-state index in [1.165, 1.54) is 0 Å². The van der Waals surface area contributed by atoms with E-state index in [9.17, 15) is 4.79 Å². The van der Waals surface area contributed by atoms with E-state index in [4.69, 9.17) is 9.47 Å². The van der Waals surface area contributed by atoms with Gasteiger partial charge in [0.15, 0.2) is 5.82 Å². The van der Waals surface area contributed by atoms with E-state index in [1.807, 2.05) is 40.9 Å². The minimum atomic E-state index is -0.0282. The minimum Gasteiger partial charge on any atom is -0.471 e. The van der Waals surface area contributed by atoms with Gasteiger partial charge in [0.2, 0.25) is 5.88 Å². The maximum absolute atomic E-state index is 12.4. The summed E-state index contributed by atoms with van der Waals surface area (Å²) in [7, 11) is 3.83. The highest BCUT2D eigenvalue weighted by Crippen LogP contribution is 2.19. The second kappa shape index (κ2) is 6.99. The Labute approximate surface area is 136 Å². The van der Waals surface area contributed by atoms with Gasteiger partial charge in [0.25, 0.3) is 0 Å². The molecular formula is C15H23N5O3. The smallest absolute Gasteiger partial charge is 0.320 e. The highest BCUT2D eigenvalue weighted by atomic mass is 16.5. The summed E-state index contributed by atoms with van der Waals surface area (Å²) in [5, 5.41) is 8.17. The molecule has 0 aliphatic carbocycles. The molecule has 2 saturated heterocycles. The van der Waals surface area contributed by atoms with E-state index >= 15 is 0 Å². The molecule has 0 saturated carbocycles. The second-order valence-corrected chi connectivity index (χ2v) is 5.98. The molecular weight excluding hydrogens is 298 g/mol. The van der Waals surface area contributed by atoms with Crippen molar-refractivity contribution >= 4 is 11.8 Å². The SMILES string of the molecule is CN(C)c1ccc(O[C@@H]2CCN(C(=O)N3CCOCC3)C2)nn1. The molecule has 2 amide bonds. The van der Waals surface area contributed by atoms with Crippen LogP contribution in [-0.2, 0) is 4.74 Å². The van der Waals surface area contributed by atoms with Crippen molar-refractivity contribution in [2.45, 2.75) is 12.5 Å². The van der Waals surface area contributed by atoms with Gasteiger partial charge >= 0.3 is 6.03 Å². The lowest BCUT2D eigenvalue weighted by Gasteiger charge is -2.30. The van der Waals surface area contributed by atoms with Gasteiger partial charge in [-0.05, 0) is 6.07 Å². The van der Waals surface area contributed by atoms with Crippen molar-refractivity contribution in [2.24, 2.45) is 0 Å². The first-order chi connectivity index (χ1) is 11.1. The standard InChI is InChI=1S/C15H23N5O3/c1-18(2)13-3-4-14(17-16-13)23-12-5-6-20(11-12)15(21)19-7-9-22-10-8-19/h3-4,12H,5-11H2,1-2H3/t12-/m1/s1. The zero-order chi connectivity index (χ0) is 16.2. The molecule has 1 aromatic rings. The maximum Gasteiger partial charge on any atom is 0.320 e. The van der Waals surface area contributed by atoms with Gasteiger partial charge in [-0.25, -0.2) is 4.79 Å². The molecule has 3 rings (SSSR count). The van der Waals surface area contributed by atoms with Crippen molar-refractivity contribution in [3.05, 3.63) is 12.1 Å². The fraction of sp³-hybridized carbons (Fsp3) is 0.667. The number of nitrogens with zero attached hydrogens (tertiary/aromatic N) is 5. The second-order valence-electron chi connectivity index (χ2n) is 5.98. The normalized spacial score (nSPS) is 21.4. The predicted molar refractivity (Wildman–Crippen MR) is 84.8 cm³/mol. The van der Waals surface area contributed by atoms with Gasteiger partial charge in [-0.15, -0.1) is 10.2 Å². The zero-order valence-corrected chi connectivity index (χ0v) is 13.6. The van der Waals surface area contributed by atoms with Crippen molar-refractivity contribution in [2.75, 3.05) is 58.4 Å². The Morgan fingerprint density at radius 2 is 2.00 bits per heavy atom. The van der Waals surface area contributed by atoms with Gasteiger partial charge in [-0.3, -0.25) is 0 Å². The Morgan fingerprint density at radius 3 is 2.65 bits per heavy atom. The lowest BCUT2D eigenvalue weighted by atomic mass is 10.3. The Hall–Kier alpha value is -2.09. The summed E-state index contributed by atoms with van der Waals surface area (Å²) in [5.74, 6) is 1.29. The number of carbonyl (C=O) groups is 1. The van der Waals surface area contributed by atoms with Crippen LogP contribution in [0.1, 0.15) is 6.42 Å². The summed E-state index contributed by atoms with van der Waals surface area (Å²) in [6, 6.07) is 3.76. The molecule has 2 aliphatic rings. The average molecular weight is 321 g/mol. The van der Waals surface area contributed by atoms with Gasteiger partial charge in [-0.2, -0.15) is 0 Å². The first-order valence-corrected chi connectivity index (χ1v) is 7.93. The summed E-state index contributed by atoms with van der Waals surface area (Å²) in [4.78, 5) is 18.0. The Bertz CT molecular complexity index is 530. The average Bonchev–Trinajstić information content (AvgIpc) is 3.04. The number of amides is 2. The number of hydrogen-bond acceptors (Lipinski definition) is 6. The van der Waals surface area contributed by atoms with Crippen LogP contribution in [-0.4, -0.2) is 85.6 Å². The largest absolute Gasteiger partial charge is 0.471 e. The Balaban J connectivity index is 1.52. The first-order valence-electron chi connectivity index (χ1n) is 7.93. The molecule has 1 atom stereocenters. The zero-order valence-electron chi connectivity index (χ0n) is 13.6. The Kier molecular flexibility index (Phi) is 4.80. The molecule has 8 heteroatoms. The van der Waals surface area contributed by atoms with Crippen molar-refractivity contribution in [3.63, 3.8) is 0 Å². The van der Waals surface area contributed by atoms with E-state index in [2.05, 4.69) is 10.2 Å². The number of likely N-dealkylation sites (tertiary alicyclic amines) is 1. The summed E-state index contributed by atoms with van der Waals surface area (Å²) in [5.41, 5.74) is 0. The number of carbonyl (C=O) groups excluding carboxylic acids is 1. The lowest BCUT2D eigenvalue weighted by Crippen LogP contribution is -2.47. The van der Waals surface area contributed by atoms with Gasteiger partial charge < -0.3 is 24.2 Å². The number of morpholine rings is 1. The third-order valence-corrected chi connectivity index (χ3v) is 4.07. The molecule has 0 radical (unpaired) electrons. The quantitative estimate of drug-likeness (QED) is 0.805. The third kappa shape index (κ3) is 3.82. The first kappa shape index (κ1) is 15.8. The van der Waals surface area contributed by atoms with E-state index in [1.54, 1.807) is 0 Å². The van der Waals surface area contributed by atoms with Crippen LogP contribution in [0.25, 0.3) is 0 Å². The van der Waals surface area contributed by atoms with E-state index in [0.29, 0.717) is 45.3 Å². The molecule has 3 heterocycles. The van der Waals surface area contributed by atoms with Crippen LogP contribution in [0.2, 0.25) is 0 Å². The summed E-state index contributed by atoms with van der Waals surface area (Å²) in [6.45, 7) is 3.87. The summed E-state index contributed by atoms with van der Waals surface area (Å²) >= 11 is 0. The van der Waals surface area contributed by atoms with Crippen LogP contribution in [0.4, 0.5) is 10.6 Å². The minimum absolute atomic E-state index is 0.0282.